The van der Waals surface area contributed by atoms with Gasteiger partial charge < -0.3 is 4.74 Å². The van der Waals surface area contributed by atoms with Crippen LogP contribution in [-0.4, -0.2) is 18.6 Å². The van der Waals surface area contributed by atoms with Crippen LogP contribution < -0.4 is 0 Å². The summed E-state index contributed by atoms with van der Waals surface area (Å²) in [6.07, 6.45) is 0. The molecular weight excluding hydrogens is 124 g/mol. The van der Waals surface area contributed by atoms with E-state index in [-0.39, 0.29) is 10.8 Å². The van der Waals surface area contributed by atoms with Gasteiger partial charge in [0.15, 0.2) is 0 Å². The van der Waals surface area contributed by atoms with E-state index in [1.54, 1.807) is 0 Å². The highest BCUT2D eigenvalue weighted by Crippen LogP contribution is 2.31. The van der Waals surface area contributed by atoms with Crippen LogP contribution in [0.4, 0.5) is 0 Å². The third-order valence-corrected chi connectivity index (χ3v) is 2.30. The summed E-state index contributed by atoms with van der Waals surface area (Å²) in [5.41, 5.74) is 0.196. The van der Waals surface area contributed by atoms with Crippen LogP contribution in [0.15, 0.2) is 0 Å². The fourth-order valence-electron chi connectivity index (χ4n) is 0.741. The van der Waals surface area contributed by atoms with E-state index in [1.165, 1.54) is 0 Å². The summed E-state index contributed by atoms with van der Waals surface area (Å²) in [5, 5.41) is 0.211. The molecule has 8 heavy (non-hydrogen) atoms. The average Bonchev–Trinajstić information content (AvgIpc) is 1.86. The third kappa shape index (κ3) is 0.981. The van der Waals surface area contributed by atoms with Crippen LogP contribution in [0.3, 0.4) is 0 Å². The highest BCUT2D eigenvalue weighted by Gasteiger charge is 2.33. The van der Waals surface area contributed by atoms with Crippen molar-refractivity contribution in [1.82, 2.24) is 0 Å². The Morgan fingerprint density at radius 2 is 2.25 bits per heavy atom. The molecule has 1 atom stereocenters. The Kier molecular flexibility index (Phi) is 1.50. The second kappa shape index (κ2) is 1.89. The first-order valence-electron chi connectivity index (χ1n) is 2.85. The molecule has 0 aliphatic carbocycles. The summed E-state index contributed by atoms with van der Waals surface area (Å²) < 4.78 is 5.14. The molecule has 1 fully saturated rings. The Hall–Kier alpha value is 0.250. The molecule has 0 aromatic carbocycles. The predicted octanol–water partition coefficient (Wildman–Crippen LogP) is 1.65. The third-order valence-electron chi connectivity index (χ3n) is 1.59. The first-order chi connectivity index (χ1) is 3.63. The molecule has 1 unspecified atom stereocenters. The maximum Gasteiger partial charge on any atom is 0.0642 e. The Morgan fingerprint density at radius 3 is 2.38 bits per heavy atom. The zero-order valence-electron chi connectivity index (χ0n) is 5.28. The second-order valence-electron chi connectivity index (χ2n) is 2.97. The van der Waals surface area contributed by atoms with E-state index in [0.717, 1.165) is 6.61 Å². The Bertz CT molecular complexity index is 90.5. The SMILES string of the molecule is CC1(C)COCC1Cl. The van der Waals surface area contributed by atoms with Gasteiger partial charge in [-0.3, -0.25) is 0 Å². The molecule has 0 bridgehead atoms. The number of ether oxygens (including phenoxy) is 1. The lowest BCUT2D eigenvalue weighted by atomic mass is 9.93. The first kappa shape index (κ1) is 6.37. The molecule has 0 aromatic heterocycles. The van der Waals surface area contributed by atoms with Crippen LogP contribution in [0.1, 0.15) is 13.8 Å². The van der Waals surface area contributed by atoms with Gasteiger partial charge in [0.05, 0.1) is 18.6 Å². The minimum absolute atomic E-state index is 0.196. The van der Waals surface area contributed by atoms with Gasteiger partial charge in [-0.15, -0.1) is 11.6 Å². The standard InChI is InChI=1S/C6H11ClO/c1-6(2)4-8-3-5(6)7/h5H,3-4H2,1-2H3. The molecule has 0 N–H and O–H groups in total. The predicted molar refractivity (Wildman–Crippen MR) is 34.2 cm³/mol. The molecule has 0 spiro atoms. The molecule has 1 heterocycles. The summed E-state index contributed by atoms with van der Waals surface area (Å²) >= 11 is 5.88. The smallest absolute Gasteiger partial charge is 0.0642 e. The highest BCUT2D eigenvalue weighted by molar-refractivity contribution is 6.21. The van der Waals surface area contributed by atoms with Gasteiger partial charge >= 0.3 is 0 Å². The van der Waals surface area contributed by atoms with Crippen LogP contribution in [0.2, 0.25) is 0 Å². The van der Waals surface area contributed by atoms with E-state index < -0.39 is 0 Å². The van der Waals surface area contributed by atoms with E-state index in [0.29, 0.717) is 6.61 Å². The van der Waals surface area contributed by atoms with Gasteiger partial charge in [0.1, 0.15) is 0 Å². The summed E-state index contributed by atoms with van der Waals surface area (Å²) in [7, 11) is 0. The van der Waals surface area contributed by atoms with Crippen molar-refractivity contribution in [1.29, 1.82) is 0 Å². The number of halogens is 1. The largest absolute Gasteiger partial charge is 0.379 e. The molecule has 1 aliphatic rings. The minimum Gasteiger partial charge on any atom is -0.379 e. The molecule has 1 rings (SSSR count). The van der Waals surface area contributed by atoms with Crippen LogP contribution >= 0.6 is 11.6 Å². The van der Waals surface area contributed by atoms with Gasteiger partial charge in [-0.25, -0.2) is 0 Å². The normalized spacial score (nSPS) is 35.6. The van der Waals surface area contributed by atoms with Crippen LogP contribution in [0, 0.1) is 5.41 Å². The summed E-state index contributed by atoms with van der Waals surface area (Å²) in [6.45, 7) is 5.77. The maximum absolute atomic E-state index is 5.88. The highest BCUT2D eigenvalue weighted by atomic mass is 35.5. The zero-order valence-corrected chi connectivity index (χ0v) is 6.03. The van der Waals surface area contributed by atoms with Gasteiger partial charge in [-0.2, -0.15) is 0 Å². The first-order valence-corrected chi connectivity index (χ1v) is 3.28. The Labute approximate surface area is 55.0 Å². The summed E-state index contributed by atoms with van der Waals surface area (Å²) in [5.74, 6) is 0. The van der Waals surface area contributed by atoms with Crippen molar-refractivity contribution in [2.75, 3.05) is 13.2 Å². The Morgan fingerprint density at radius 1 is 1.62 bits per heavy atom. The van der Waals surface area contributed by atoms with E-state index in [9.17, 15) is 0 Å². The lowest BCUT2D eigenvalue weighted by Crippen LogP contribution is -2.21. The molecule has 0 amide bonds. The van der Waals surface area contributed by atoms with Crippen molar-refractivity contribution in [3.8, 4) is 0 Å². The maximum atomic E-state index is 5.88. The fraction of sp³-hybridized carbons (Fsp3) is 1.00. The van der Waals surface area contributed by atoms with E-state index >= 15 is 0 Å². The van der Waals surface area contributed by atoms with Crippen molar-refractivity contribution in [3.05, 3.63) is 0 Å². The molecule has 1 nitrogen and oxygen atoms in total. The number of alkyl halides is 1. The number of hydrogen-bond donors (Lipinski definition) is 0. The van der Waals surface area contributed by atoms with E-state index in [2.05, 4.69) is 13.8 Å². The zero-order chi connectivity index (χ0) is 6.20. The van der Waals surface area contributed by atoms with Crippen molar-refractivity contribution < 1.29 is 4.74 Å². The van der Waals surface area contributed by atoms with Crippen molar-refractivity contribution in [2.24, 2.45) is 5.41 Å². The van der Waals surface area contributed by atoms with Crippen molar-refractivity contribution in [3.63, 3.8) is 0 Å². The van der Waals surface area contributed by atoms with Gasteiger partial charge in [-0.1, -0.05) is 13.8 Å². The quantitative estimate of drug-likeness (QED) is 0.458. The monoisotopic (exact) mass is 134 g/mol. The number of rotatable bonds is 0. The summed E-state index contributed by atoms with van der Waals surface area (Å²) in [6, 6.07) is 0. The second-order valence-corrected chi connectivity index (χ2v) is 3.50. The van der Waals surface area contributed by atoms with Gasteiger partial charge in [-0.05, 0) is 0 Å². The van der Waals surface area contributed by atoms with E-state index in [1.807, 2.05) is 0 Å². The molecule has 48 valence electrons. The molecule has 0 saturated carbocycles. The van der Waals surface area contributed by atoms with Crippen LogP contribution in [0.25, 0.3) is 0 Å². The minimum atomic E-state index is 0.196. The molecule has 1 aliphatic heterocycles. The summed E-state index contributed by atoms with van der Waals surface area (Å²) in [4.78, 5) is 0. The van der Waals surface area contributed by atoms with Crippen molar-refractivity contribution in [2.45, 2.75) is 19.2 Å². The van der Waals surface area contributed by atoms with Gasteiger partial charge in [0, 0.05) is 5.41 Å². The van der Waals surface area contributed by atoms with Crippen molar-refractivity contribution >= 4 is 11.6 Å². The average molecular weight is 135 g/mol. The fourth-order valence-corrected chi connectivity index (χ4v) is 0.894. The van der Waals surface area contributed by atoms with E-state index in [4.69, 9.17) is 16.3 Å². The Balaban J connectivity index is 2.54. The molecule has 1 saturated heterocycles. The lowest BCUT2D eigenvalue weighted by molar-refractivity contribution is 0.167. The lowest BCUT2D eigenvalue weighted by Gasteiger charge is -2.17. The topological polar surface area (TPSA) is 9.23 Å². The number of hydrogen-bond acceptors (Lipinski definition) is 1. The molecule has 0 radical (unpaired) electrons. The van der Waals surface area contributed by atoms with Gasteiger partial charge in [0.25, 0.3) is 0 Å². The molecule has 2 heteroatoms. The van der Waals surface area contributed by atoms with Crippen LogP contribution in [-0.2, 0) is 4.74 Å². The molecular formula is C6H11ClO. The molecule has 0 aromatic rings. The van der Waals surface area contributed by atoms with Crippen LogP contribution in [0.5, 0.6) is 0 Å². The van der Waals surface area contributed by atoms with Gasteiger partial charge in [0.2, 0.25) is 0 Å².